The van der Waals surface area contributed by atoms with Crippen LogP contribution in [0, 0.1) is 0 Å². The third-order valence-corrected chi connectivity index (χ3v) is 4.09. The number of hydrogen-bond acceptors (Lipinski definition) is 5. The van der Waals surface area contributed by atoms with E-state index in [2.05, 4.69) is 4.98 Å². The molecule has 0 radical (unpaired) electrons. The van der Waals surface area contributed by atoms with Gasteiger partial charge in [0.25, 0.3) is 0 Å². The lowest BCUT2D eigenvalue weighted by Crippen LogP contribution is -2.11. The second-order valence-corrected chi connectivity index (χ2v) is 6.60. The topological polar surface area (TPSA) is 73.3 Å². The van der Waals surface area contributed by atoms with Gasteiger partial charge in [0.05, 0.1) is 11.8 Å². The maximum atomic E-state index is 12.1. The molecular formula is C15H11NO4S. The minimum absolute atomic E-state index is 0.0611. The van der Waals surface area contributed by atoms with E-state index in [1.165, 1.54) is 18.3 Å². The number of aromatic nitrogens is 1. The summed E-state index contributed by atoms with van der Waals surface area (Å²) < 4.78 is 27.8. The van der Waals surface area contributed by atoms with E-state index in [0.29, 0.717) is 5.57 Å². The first-order chi connectivity index (χ1) is 9.95. The molecule has 3 rings (SSSR count). The van der Waals surface area contributed by atoms with Crippen LogP contribution in [0.4, 0.5) is 0 Å². The average molecular weight is 301 g/mol. The minimum atomic E-state index is -3.36. The Morgan fingerprint density at radius 1 is 1.19 bits per heavy atom. The van der Waals surface area contributed by atoms with Gasteiger partial charge in [-0.15, -0.1) is 0 Å². The predicted molar refractivity (Wildman–Crippen MR) is 76.4 cm³/mol. The molecule has 0 aromatic carbocycles. The van der Waals surface area contributed by atoms with Crippen molar-refractivity contribution in [3.8, 4) is 5.75 Å². The number of sulfone groups is 1. The smallest absolute Gasteiger partial charge is 0.344 e. The second kappa shape index (κ2) is 4.82. The van der Waals surface area contributed by atoms with E-state index < -0.39 is 15.8 Å². The van der Waals surface area contributed by atoms with Gasteiger partial charge in [0.2, 0.25) is 0 Å². The SMILES string of the molecule is CS(=O)(=O)c1ccc(OC(=O)C2=C3C=CC=C3C=C2)cn1. The van der Waals surface area contributed by atoms with Gasteiger partial charge in [-0.1, -0.05) is 24.3 Å². The van der Waals surface area contributed by atoms with Crippen LogP contribution in [-0.4, -0.2) is 25.6 Å². The van der Waals surface area contributed by atoms with Crippen LogP contribution >= 0.6 is 0 Å². The van der Waals surface area contributed by atoms with Gasteiger partial charge in [0.1, 0.15) is 5.75 Å². The zero-order chi connectivity index (χ0) is 15.0. The van der Waals surface area contributed by atoms with E-state index in [-0.39, 0.29) is 10.8 Å². The summed E-state index contributed by atoms with van der Waals surface area (Å²) in [4.78, 5) is 15.9. The lowest BCUT2D eigenvalue weighted by molar-refractivity contribution is -0.129. The molecule has 2 aliphatic rings. The van der Waals surface area contributed by atoms with Gasteiger partial charge in [-0.2, -0.15) is 0 Å². The molecule has 0 fully saturated rings. The van der Waals surface area contributed by atoms with Gasteiger partial charge in [-0.05, 0) is 29.4 Å². The molecule has 106 valence electrons. The van der Waals surface area contributed by atoms with Crippen molar-refractivity contribution in [1.82, 2.24) is 4.98 Å². The number of rotatable bonds is 3. The van der Waals surface area contributed by atoms with E-state index in [0.717, 1.165) is 17.4 Å². The van der Waals surface area contributed by atoms with Crippen LogP contribution in [0.15, 0.2) is 70.5 Å². The molecule has 1 aromatic rings. The monoisotopic (exact) mass is 301 g/mol. The Morgan fingerprint density at radius 3 is 2.67 bits per heavy atom. The molecule has 0 spiro atoms. The van der Waals surface area contributed by atoms with Gasteiger partial charge in [-0.25, -0.2) is 18.2 Å². The maximum Gasteiger partial charge on any atom is 0.344 e. The zero-order valence-corrected chi connectivity index (χ0v) is 11.9. The van der Waals surface area contributed by atoms with Crippen LogP contribution in [0.5, 0.6) is 5.75 Å². The summed E-state index contributed by atoms with van der Waals surface area (Å²) in [5.41, 5.74) is 2.29. The van der Waals surface area contributed by atoms with Gasteiger partial charge in [-0.3, -0.25) is 0 Å². The number of carbonyl (C=O) groups excluding carboxylic acids is 1. The number of nitrogens with zero attached hydrogens (tertiary/aromatic N) is 1. The number of pyridine rings is 1. The van der Waals surface area contributed by atoms with E-state index >= 15 is 0 Å². The highest BCUT2D eigenvalue weighted by molar-refractivity contribution is 7.90. The Kier molecular flexibility index (Phi) is 3.10. The third kappa shape index (κ3) is 2.57. The highest BCUT2D eigenvalue weighted by Crippen LogP contribution is 2.30. The van der Waals surface area contributed by atoms with Crippen molar-refractivity contribution in [2.24, 2.45) is 0 Å². The van der Waals surface area contributed by atoms with Gasteiger partial charge >= 0.3 is 5.97 Å². The standard InChI is InChI=1S/C15H11NO4S/c1-21(18,19)14-8-6-11(9-16-14)20-15(17)13-7-5-10-3-2-4-12(10)13/h2-9H,1H3. The Hall–Kier alpha value is -2.47. The third-order valence-electron chi connectivity index (χ3n) is 3.09. The first-order valence-corrected chi connectivity index (χ1v) is 8.04. The number of esters is 1. The molecule has 0 amide bonds. The number of hydrogen-bond donors (Lipinski definition) is 0. The summed E-state index contributed by atoms with van der Waals surface area (Å²) in [6, 6.07) is 2.72. The lowest BCUT2D eigenvalue weighted by Gasteiger charge is -2.05. The van der Waals surface area contributed by atoms with Crippen molar-refractivity contribution >= 4 is 15.8 Å². The number of allylic oxidation sites excluding steroid dienone is 6. The lowest BCUT2D eigenvalue weighted by atomic mass is 10.1. The van der Waals surface area contributed by atoms with Crippen LogP contribution < -0.4 is 4.74 Å². The van der Waals surface area contributed by atoms with E-state index in [1.807, 2.05) is 24.3 Å². The molecule has 2 aliphatic carbocycles. The Bertz CT molecular complexity index is 840. The predicted octanol–water partition coefficient (Wildman–Crippen LogP) is 1.75. The quantitative estimate of drug-likeness (QED) is 0.795. The molecule has 0 atom stereocenters. The van der Waals surface area contributed by atoms with Crippen molar-refractivity contribution in [2.75, 3.05) is 6.26 Å². The van der Waals surface area contributed by atoms with E-state index in [1.54, 1.807) is 6.08 Å². The highest BCUT2D eigenvalue weighted by Gasteiger charge is 2.22. The molecular weight excluding hydrogens is 290 g/mol. The molecule has 0 unspecified atom stereocenters. The summed E-state index contributed by atoms with van der Waals surface area (Å²) >= 11 is 0. The average Bonchev–Trinajstić information content (AvgIpc) is 3.00. The summed E-state index contributed by atoms with van der Waals surface area (Å²) in [5.74, 6) is -0.293. The van der Waals surface area contributed by atoms with Crippen LogP contribution in [0.1, 0.15) is 0 Å². The normalized spacial score (nSPS) is 16.1. The maximum absolute atomic E-state index is 12.1. The Morgan fingerprint density at radius 2 is 2.00 bits per heavy atom. The molecule has 21 heavy (non-hydrogen) atoms. The van der Waals surface area contributed by atoms with E-state index in [4.69, 9.17) is 4.74 Å². The molecule has 5 nitrogen and oxygen atoms in total. The van der Waals surface area contributed by atoms with Gasteiger partial charge < -0.3 is 4.74 Å². The van der Waals surface area contributed by atoms with Crippen molar-refractivity contribution in [3.05, 3.63) is 65.4 Å². The van der Waals surface area contributed by atoms with Crippen molar-refractivity contribution in [3.63, 3.8) is 0 Å². The Labute approximate surface area is 121 Å². The van der Waals surface area contributed by atoms with Crippen molar-refractivity contribution < 1.29 is 17.9 Å². The van der Waals surface area contributed by atoms with Crippen LogP contribution in [0.25, 0.3) is 0 Å². The fourth-order valence-electron chi connectivity index (χ4n) is 2.07. The fourth-order valence-corrected chi connectivity index (χ4v) is 2.63. The number of carbonyl (C=O) groups is 1. The minimum Gasteiger partial charge on any atom is -0.421 e. The Balaban J connectivity index is 1.80. The summed E-state index contributed by atoms with van der Waals surface area (Å²) in [6.07, 6.45) is 11.5. The highest BCUT2D eigenvalue weighted by atomic mass is 32.2. The van der Waals surface area contributed by atoms with Crippen LogP contribution in [-0.2, 0) is 14.6 Å². The molecule has 6 heteroatoms. The number of ether oxygens (including phenoxy) is 1. The molecule has 0 aliphatic heterocycles. The summed E-state index contributed by atoms with van der Waals surface area (Å²) in [6.45, 7) is 0. The molecule has 0 bridgehead atoms. The molecule has 0 saturated heterocycles. The summed E-state index contributed by atoms with van der Waals surface area (Å²) in [7, 11) is -3.36. The zero-order valence-electron chi connectivity index (χ0n) is 11.1. The molecule has 0 saturated carbocycles. The van der Waals surface area contributed by atoms with E-state index in [9.17, 15) is 13.2 Å². The summed E-state index contributed by atoms with van der Waals surface area (Å²) in [5, 5.41) is -0.0611. The molecule has 0 N–H and O–H groups in total. The fraction of sp³-hybridized carbons (Fsp3) is 0.0667. The van der Waals surface area contributed by atoms with Crippen LogP contribution in [0.2, 0.25) is 0 Å². The van der Waals surface area contributed by atoms with Gasteiger partial charge in [0.15, 0.2) is 14.9 Å². The molecule has 1 heterocycles. The van der Waals surface area contributed by atoms with Crippen LogP contribution in [0.3, 0.4) is 0 Å². The largest absolute Gasteiger partial charge is 0.421 e. The molecule has 1 aromatic heterocycles. The van der Waals surface area contributed by atoms with Crippen molar-refractivity contribution in [2.45, 2.75) is 5.03 Å². The van der Waals surface area contributed by atoms with Gasteiger partial charge in [0, 0.05) is 6.26 Å². The number of fused-ring (bicyclic) bond motifs is 1. The first kappa shape index (κ1) is 13.5. The first-order valence-electron chi connectivity index (χ1n) is 6.14. The second-order valence-electron chi connectivity index (χ2n) is 4.64. The van der Waals surface area contributed by atoms with Crippen molar-refractivity contribution in [1.29, 1.82) is 0 Å².